The molecule has 0 atom stereocenters. The number of ether oxygens (including phenoxy) is 1. The molecule has 2 N–H and O–H groups in total. The van der Waals surface area contributed by atoms with Gasteiger partial charge in [0, 0.05) is 18.0 Å². The average Bonchev–Trinajstić information content (AvgIpc) is 3.35. The summed E-state index contributed by atoms with van der Waals surface area (Å²) in [6.45, 7) is 7.72. The van der Waals surface area contributed by atoms with E-state index in [0.717, 1.165) is 22.3 Å². The summed E-state index contributed by atoms with van der Waals surface area (Å²) in [5.74, 6) is -1.64. The first kappa shape index (κ1) is 28.6. The van der Waals surface area contributed by atoms with Crippen molar-refractivity contribution in [3.05, 3.63) is 100 Å². The van der Waals surface area contributed by atoms with Gasteiger partial charge in [0.05, 0.1) is 17.6 Å². The van der Waals surface area contributed by atoms with Crippen molar-refractivity contribution in [3.8, 4) is 11.1 Å². The van der Waals surface area contributed by atoms with Crippen LogP contribution in [0.5, 0.6) is 0 Å². The zero-order chi connectivity index (χ0) is 29.4. The molecule has 1 aliphatic heterocycles. The van der Waals surface area contributed by atoms with Crippen molar-refractivity contribution in [1.29, 1.82) is 0 Å². The van der Waals surface area contributed by atoms with Crippen molar-refractivity contribution in [2.24, 2.45) is 0 Å². The highest BCUT2D eigenvalue weighted by molar-refractivity contribution is 6.56. The predicted molar refractivity (Wildman–Crippen MR) is 155 cm³/mol. The molecule has 1 fully saturated rings. The van der Waals surface area contributed by atoms with Crippen molar-refractivity contribution in [2.75, 3.05) is 13.2 Å². The van der Waals surface area contributed by atoms with E-state index in [9.17, 15) is 14.0 Å². The Morgan fingerprint density at radius 3 is 2.15 bits per heavy atom. The second-order valence-electron chi connectivity index (χ2n) is 11.4. The Morgan fingerprint density at radius 2 is 1.56 bits per heavy atom. The number of benzene rings is 3. The summed E-state index contributed by atoms with van der Waals surface area (Å²) in [5, 5.41) is 11.9. The van der Waals surface area contributed by atoms with Crippen LogP contribution >= 0.6 is 0 Å². The highest BCUT2D eigenvalue weighted by Gasteiger charge is 2.52. The Morgan fingerprint density at radius 1 is 0.976 bits per heavy atom. The lowest BCUT2D eigenvalue weighted by atomic mass is 9.77. The lowest BCUT2D eigenvalue weighted by Crippen LogP contribution is -2.41. The zero-order valence-corrected chi connectivity index (χ0v) is 23.6. The summed E-state index contributed by atoms with van der Waals surface area (Å²) in [6.07, 6.45) is 0.659. The van der Waals surface area contributed by atoms with E-state index < -0.39 is 36.2 Å². The number of nitrogens with one attached hydrogen (secondary N) is 1. The van der Waals surface area contributed by atoms with Gasteiger partial charge in [-0.2, -0.15) is 0 Å². The van der Waals surface area contributed by atoms with E-state index in [1.165, 1.54) is 24.3 Å². The van der Waals surface area contributed by atoms with Crippen molar-refractivity contribution in [2.45, 2.75) is 51.2 Å². The van der Waals surface area contributed by atoms with E-state index in [0.29, 0.717) is 11.0 Å². The van der Waals surface area contributed by atoms with Crippen molar-refractivity contribution in [1.82, 2.24) is 5.32 Å². The van der Waals surface area contributed by atoms with E-state index in [1.807, 2.05) is 64.1 Å². The molecule has 3 aromatic carbocycles. The molecule has 0 radical (unpaired) electrons. The number of aliphatic carboxylic acids is 1. The second-order valence-corrected chi connectivity index (χ2v) is 11.4. The molecule has 41 heavy (non-hydrogen) atoms. The molecule has 1 heterocycles. The summed E-state index contributed by atoms with van der Waals surface area (Å²) >= 11 is 0. The smallest absolute Gasteiger partial charge is 0.481 e. The molecule has 0 spiro atoms. The van der Waals surface area contributed by atoms with Gasteiger partial charge in [-0.1, -0.05) is 60.7 Å². The van der Waals surface area contributed by atoms with Gasteiger partial charge in [-0.3, -0.25) is 4.79 Å². The van der Waals surface area contributed by atoms with Gasteiger partial charge in [-0.15, -0.1) is 0 Å². The van der Waals surface area contributed by atoms with Crippen molar-refractivity contribution >= 4 is 25.3 Å². The minimum Gasteiger partial charge on any atom is -0.481 e. The molecule has 7 nitrogen and oxygen atoms in total. The van der Waals surface area contributed by atoms with Gasteiger partial charge in [0.25, 0.3) is 0 Å². The van der Waals surface area contributed by atoms with Crippen LogP contribution in [0.25, 0.3) is 17.2 Å². The third kappa shape index (κ3) is 5.92. The number of hydrogen-bond acceptors (Lipinski definition) is 5. The molecule has 0 bridgehead atoms. The van der Waals surface area contributed by atoms with Gasteiger partial charge >= 0.3 is 19.2 Å². The van der Waals surface area contributed by atoms with Crippen LogP contribution in [0.3, 0.4) is 0 Å². The van der Waals surface area contributed by atoms with E-state index in [-0.39, 0.29) is 31.1 Å². The molecule has 9 heteroatoms. The molecular formula is C32H33BFNO6. The van der Waals surface area contributed by atoms with E-state index >= 15 is 0 Å². The minimum absolute atomic E-state index is 0.0316. The Balaban J connectivity index is 1.33. The summed E-state index contributed by atoms with van der Waals surface area (Å²) in [6, 6.07) is 20.3. The predicted octanol–water partition coefficient (Wildman–Crippen LogP) is 6.01. The molecule has 0 saturated carbocycles. The number of amides is 1. The zero-order valence-electron chi connectivity index (χ0n) is 23.6. The summed E-state index contributed by atoms with van der Waals surface area (Å²) < 4.78 is 32.9. The van der Waals surface area contributed by atoms with Gasteiger partial charge in [0.2, 0.25) is 0 Å². The van der Waals surface area contributed by atoms with Crippen LogP contribution in [0.2, 0.25) is 0 Å². The van der Waals surface area contributed by atoms with Crippen LogP contribution in [0.15, 0.2) is 72.2 Å². The first-order chi connectivity index (χ1) is 19.4. The molecule has 1 amide bonds. The molecule has 212 valence electrons. The number of carboxylic acid groups (broad SMARTS) is 1. The third-order valence-electron chi connectivity index (χ3n) is 8.09. The van der Waals surface area contributed by atoms with Gasteiger partial charge in [-0.25, -0.2) is 9.18 Å². The maximum atomic E-state index is 14.8. The number of fused-ring (bicyclic) bond motifs is 3. The number of rotatable bonds is 8. The highest BCUT2D eigenvalue weighted by atomic mass is 19.1. The van der Waals surface area contributed by atoms with Gasteiger partial charge < -0.3 is 24.5 Å². The lowest BCUT2D eigenvalue weighted by molar-refractivity contribution is -0.136. The number of alkyl carbamates (subject to hydrolysis) is 1. The fourth-order valence-corrected chi connectivity index (χ4v) is 5.21. The Bertz CT molecular complexity index is 1460. The topological polar surface area (TPSA) is 94.1 Å². The number of halogens is 1. The number of carboxylic acids is 1. The lowest BCUT2D eigenvalue weighted by Gasteiger charge is -2.32. The van der Waals surface area contributed by atoms with Crippen LogP contribution in [-0.2, 0) is 25.3 Å². The van der Waals surface area contributed by atoms with Crippen LogP contribution in [-0.4, -0.2) is 48.6 Å². The van der Waals surface area contributed by atoms with Gasteiger partial charge in [0.15, 0.2) is 0 Å². The normalized spacial score (nSPS) is 17.2. The Kier molecular flexibility index (Phi) is 7.77. The quantitative estimate of drug-likeness (QED) is 0.330. The van der Waals surface area contributed by atoms with Crippen LogP contribution < -0.4 is 5.32 Å². The fourth-order valence-electron chi connectivity index (χ4n) is 5.21. The van der Waals surface area contributed by atoms with E-state index in [4.69, 9.17) is 19.2 Å². The first-order valence-corrected chi connectivity index (χ1v) is 13.6. The van der Waals surface area contributed by atoms with E-state index in [1.54, 1.807) is 0 Å². The number of carbonyl (C=O) groups is 2. The molecule has 5 rings (SSSR count). The van der Waals surface area contributed by atoms with Crippen molar-refractivity contribution in [3.63, 3.8) is 0 Å². The summed E-state index contributed by atoms with van der Waals surface area (Å²) in [7, 11) is -0.864. The molecule has 3 aromatic rings. The Labute approximate surface area is 239 Å². The summed E-state index contributed by atoms with van der Waals surface area (Å²) in [5.41, 5.74) is 4.24. The van der Waals surface area contributed by atoms with Crippen LogP contribution in [0.1, 0.15) is 55.9 Å². The molecule has 0 aromatic heterocycles. The molecule has 1 aliphatic carbocycles. The second kappa shape index (κ2) is 11.1. The monoisotopic (exact) mass is 557 g/mol. The van der Waals surface area contributed by atoms with Crippen LogP contribution in [0.4, 0.5) is 9.18 Å². The SMILES string of the molecule is CC1(C)OB(C(=Cc2cc(CC(=O)O)ccc2F)CNC(=O)OCC2c3ccccc3-c3ccccc32)OC1(C)C. The molecule has 2 aliphatic rings. The van der Waals surface area contributed by atoms with Gasteiger partial charge in [-0.05, 0) is 73.1 Å². The maximum Gasteiger partial charge on any atom is 0.492 e. The van der Waals surface area contributed by atoms with Crippen LogP contribution in [0, 0.1) is 5.82 Å². The van der Waals surface area contributed by atoms with Gasteiger partial charge in [0.1, 0.15) is 12.4 Å². The van der Waals surface area contributed by atoms with E-state index in [2.05, 4.69) is 17.4 Å². The number of carbonyl (C=O) groups excluding carboxylic acids is 1. The summed E-state index contributed by atoms with van der Waals surface area (Å²) in [4.78, 5) is 24.1. The highest BCUT2D eigenvalue weighted by Crippen LogP contribution is 2.44. The fraction of sp³-hybridized carbons (Fsp3) is 0.312. The molecule has 0 unspecified atom stereocenters. The maximum absolute atomic E-state index is 14.8. The third-order valence-corrected chi connectivity index (χ3v) is 8.09. The first-order valence-electron chi connectivity index (χ1n) is 13.6. The minimum atomic E-state index is -1.02. The standard InChI is InChI=1S/C32H33BFNO6/c1-31(2)32(3,4)41-33(40-31)22(17-21-15-20(16-29(36)37)13-14-28(21)34)18-35-30(38)39-19-27-25-11-7-5-9-23(25)24-10-6-8-12-26(24)27/h5-15,17,27H,16,18-19H2,1-4H3,(H,35,38)(H,36,37). The molecule has 1 saturated heterocycles. The van der Waals surface area contributed by atoms with Crippen molar-refractivity contribution < 1.29 is 33.1 Å². The number of hydrogen-bond donors (Lipinski definition) is 2. The Hall–Kier alpha value is -3.95. The molecular weight excluding hydrogens is 524 g/mol. The largest absolute Gasteiger partial charge is 0.492 e. The average molecular weight is 557 g/mol.